The lowest BCUT2D eigenvalue weighted by atomic mass is 10.4. The summed E-state index contributed by atoms with van der Waals surface area (Å²) >= 11 is 0.925. The molecule has 3 N–H and O–H groups in total. The Morgan fingerprint density at radius 3 is 2.57 bits per heavy atom. The Kier molecular flexibility index (Phi) is 5.73. The van der Waals surface area contributed by atoms with Gasteiger partial charge in [-0.3, -0.25) is 4.79 Å². The number of halogens is 3. The highest BCUT2D eigenvalue weighted by Crippen LogP contribution is 2.24. The molecular weight excluding hydrogens is 333 g/mol. The highest BCUT2D eigenvalue weighted by atomic mass is 32.2. The van der Waals surface area contributed by atoms with Crippen molar-refractivity contribution in [3.05, 3.63) is 15.8 Å². The monoisotopic (exact) mass is 346 g/mol. The van der Waals surface area contributed by atoms with Gasteiger partial charge in [-0.05, 0) is 13.0 Å². The number of sulfonamides is 1. The fourth-order valence-corrected chi connectivity index (χ4v) is 3.43. The van der Waals surface area contributed by atoms with E-state index in [0.717, 1.165) is 17.4 Å². The Hall–Kier alpha value is -1.17. The molecule has 0 radical (unpaired) electrons. The highest BCUT2D eigenvalue weighted by molar-refractivity contribution is 7.89. The van der Waals surface area contributed by atoms with Crippen LogP contribution in [0.25, 0.3) is 0 Å². The smallest absolute Gasteiger partial charge is 0.370 e. The number of nitrogens with one attached hydrogen (secondary N) is 1. The van der Waals surface area contributed by atoms with E-state index in [4.69, 9.17) is 5.14 Å². The minimum absolute atomic E-state index is 0.104. The van der Waals surface area contributed by atoms with Crippen molar-refractivity contribution in [2.75, 3.05) is 19.8 Å². The van der Waals surface area contributed by atoms with Gasteiger partial charge in [0.15, 0.2) is 0 Å². The number of primary sulfonamides is 1. The largest absolute Gasteiger partial charge is 0.411 e. The number of alkyl halides is 3. The molecule has 120 valence electrons. The van der Waals surface area contributed by atoms with Gasteiger partial charge in [0.2, 0.25) is 10.0 Å². The third-order valence-electron chi connectivity index (χ3n) is 2.20. The van der Waals surface area contributed by atoms with E-state index < -0.39 is 28.7 Å². The molecule has 1 rings (SSSR count). The lowest BCUT2D eigenvalue weighted by molar-refractivity contribution is -0.173. The van der Waals surface area contributed by atoms with Crippen LogP contribution in [0.2, 0.25) is 0 Å². The first-order valence-corrected chi connectivity index (χ1v) is 7.93. The molecule has 0 aliphatic rings. The number of carbonyl (C=O) groups excluding carboxylic acids is 1. The molecule has 6 nitrogen and oxygen atoms in total. The van der Waals surface area contributed by atoms with Gasteiger partial charge >= 0.3 is 6.18 Å². The summed E-state index contributed by atoms with van der Waals surface area (Å²) in [6, 6.07) is 1.13. The van der Waals surface area contributed by atoms with Crippen molar-refractivity contribution in [3.63, 3.8) is 0 Å². The van der Waals surface area contributed by atoms with Gasteiger partial charge in [0.05, 0.1) is 16.4 Å². The van der Waals surface area contributed by atoms with Crippen LogP contribution in [-0.4, -0.2) is 40.3 Å². The second-order valence-electron chi connectivity index (χ2n) is 4.00. The molecule has 1 aromatic heterocycles. The zero-order valence-corrected chi connectivity index (χ0v) is 12.5. The van der Waals surface area contributed by atoms with Gasteiger partial charge in [0, 0.05) is 11.4 Å². The molecule has 0 spiro atoms. The Morgan fingerprint density at radius 2 is 2.10 bits per heavy atom. The number of ether oxygens (including phenoxy) is 1. The molecule has 0 bridgehead atoms. The van der Waals surface area contributed by atoms with Crippen LogP contribution in [0.15, 0.2) is 11.0 Å². The summed E-state index contributed by atoms with van der Waals surface area (Å²) in [6.45, 7) is -0.335. The van der Waals surface area contributed by atoms with Crippen LogP contribution in [-0.2, 0) is 14.8 Å². The number of hydrogen-bond donors (Lipinski definition) is 2. The molecule has 0 aromatic carbocycles. The maximum atomic E-state index is 11.8. The third kappa shape index (κ3) is 5.99. The predicted octanol–water partition coefficient (Wildman–Crippen LogP) is 1.01. The first kappa shape index (κ1) is 17.9. The number of thiophene rings is 1. The summed E-state index contributed by atoms with van der Waals surface area (Å²) in [7, 11) is -3.91. The van der Waals surface area contributed by atoms with Crippen LogP contribution in [0.3, 0.4) is 0 Å². The highest BCUT2D eigenvalue weighted by Gasteiger charge is 2.27. The molecule has 0 atom stereocenters. The average Bonchev–Trinajstić information content (AvgIpc) is 2.69. The Balaban J connectivity index is 2.50. The molecular formula is C10H13F3N2O4S2. The summed E-state index contributed by atoms with van der Waals surface area (Å²) in [5.74, 6) is -0.603. The molecule has 0 fully saturated rings. The van der Waals surface area contributed by atoms with Crippen molar-refractivity contribution in [2.45, 2.75) is 18.0 Å². The first-order chi connectivity index (χ1) is 9.50. The molecule has 11 heteroatoms. The van der Waals surface area contributed by atoms with Crippen LogP contribution >= 0.6 is 11.3 Å². The number of rotatable bonds is 6. The van der Waals surface area contributed by atoms with Gasteiger partial charge in [-0.2, -0.15) is 13.2 Å². The lowest BCUT2D eigenvalue weighted by Gasteiger charge is -2.07. The van der Waals surface area contributed by atoms with E-state index in [2.05, 4.69) is 10.1 Å². The first-order valence-electron chi connectivity index (χ1n) is 5.56. The van der Waals surface area contributed by atoms with E-state index in [1.54, 1.807) is 0 Å². The SMILES string of the molecule is Cc1sc(C(=O)NCCOCC(F)(F)F)cc1S(N)(=O)=O. The van der Waals surface area contributed by atoms with Crippen molar-refractivity contribution in [1.82, 2.24) is 5.32 Å². The molecule has 0 aliphatic carbocycles. The van der Waals surface area contributed by atoms with Crippen molar-refractivity contribution < 1.29 is 31.1 Å². The molecule has 0 aliphatic heterocycles. The molecule has 1 aromatic rings. The number of aryl methyl sites for hydroxylation is 1. The summed E-state index contributed by atoms with van der Waals surface area (Å²) < 4.78 is 62.1. The number of hydrogen-bond acceptors (Lipinski definition) is 5. The lowest BCUT2D eigenvalue weighted by Crippen LogP contribution is -2.28. The summed E-state index contributed by atoms with van der Waals surface area (Å²) in [5, 5.41) is 7.29. The summed E-state index contributed by atoms with van der Waals surface area (Å²) in [4.78, 5) is 12.0. The average molecular weight is 346 g/mol. The van der Waals surface area contributed by atoms with E-state index in [0.29, 0.717) is 4.88 Å². The van der Waals surface area contributed by atoms with Gasteiger partial charge in [0.25, 0.3) is 5.91 Å². The molecule has 0 saturated carbocycles. The molecule has 0 unspecified atom stereocenters. The topological polar surface area (TPSA) is 98.5 Å². The van der Waals surface area contributed by atoms with Crippen molar-refractivity contribution in [3.8, 4) is 0 Å². The van der Waals surface area contributed by atoms with Crippen LogP contribution in [0.5, 0.6) is 0 Å². The molecule has 1 heterocycles. The van der Waals surface area contributed by atoms with Gasteiger partial charge in [0.1, 0.15) is 6.61 Å². The normalized spacial score (nSPS) is 12.4. The van der Waals surface area contributed by atoms with E-state index in [1.807, 2.05) is 0 Å². The van der Waals surface area contributed by atoms with E-state index in [9.17, 15) is 26.4 Å². The van der Waals surface area contributed by atoms with Crippen molar-refractivity contribution in [2.24, 2.45) is 5.14 Å². The third-order valence-corrected chi connectivity index (χ3v) is 4.42. The Bertz CT molecular complexity index is 610. The van der Waals surface area contributed by atoms with E-state index in [-0.39, 0.29) is 22.9 Å². The van der Waals surface area contributed by atoms with Crippen LogP contribution < -0.4 is 10.5 Å². The standard InChI is InChI=1S/C10H13F3N2O4S2/c1-6-8(21(14,17)18)4-7(20-6)9(16)15-2-3-19-5-10(11,12)13/h4H,2-3,5H2,1H3,(H,15,16)(H2,14,17,18). The molecule has 0 saturated heterocycles. The quantitative estimate of drug-likeness (QED) is 0.751. The fourth-order valence-electron chi connectivity index (χ4n) is 1.37. The van der Waals surface area contributed by atoms with Gasteiger partial charge in [-0.1, -0.05) is 0 Å². The van der Waals surface area contributed by atoms with Gasteiger partial charge in [-0.15, -0.1) is 11.3 Å². The fraction of sp³-hybridized carbons (Fsp3) is 0.500. The zero-order valence-electron chi connectivity index (χ0n) is 10.9. The predicted molar refractivity (Wildman–Crippen MR) is 69.6 cm³/mol. The van der Waals surface area contributed by atoms with Crippen LogP contribution in [0.1, 0.15) is 14.5 Å². The van der Waals surface area contributed by atoms with Crippen LogP contribution in [0, 0.1) is 6.92 Å². The Labute approximate surface area is 123 Å². The zero-order chi connectivity index (χ0) is 16.3. The van der Waals surface area contributed by atoms with Crippen molar-refractivity contribution in [1.29, 1.82) is 0 Å². The number of nitrogens with two attached hydrogens (primary N) is 1. The maximum Gasteiger partial charge on any atom is 0.411 e. The second-order valence-corrected chi connectivity index (χ2v) is 6.79. The maximum absolute atomic E-state index is 11.8. The minimum atomic E-state index is -4.42. The Morgan fingerprint density at radius 1 is 1.48 bits per heavy atom. The minimum Gasteiger partial charge on any atom is -0.370 e. The summed E-state index contributed by atoms with van der Waals surface area (Å²) in [5.41, 5.74) is 0. The van der Waals surface area contributed by atoms with Crippen LogP contribution in [0.4, 0.5) is 13.2 Å². The number of carbonyl (C=O) groups is 1. The molecule has 21 heavy (non-hydrogen) atoms. The van der Waals surface area contributed by atoms with Gasteiger partial charge < -0.3 is 10.1 Å². The summed E-state index contributed by atoms with van der Waals surface area (Å²) in [6.07, 6.45) is -4.42. The van der Waals surface area contributed by atoms with E-state index in [1.165, 1.54) is 6.92 Å². The van der Waals surface area contributed by atoms with Crippen molar-refractivity contribution >= 4 is 27.3 Å². The van der Waals surface area contributed by atoms with E-state index >= 15 is 0 Å². The molecule has 1 amide bonds. The van der Waals surface area contributed by atoms with Gasteiger partial charge in [-0.25, -0.2) is 13.6 Å². The number of amides is 1. The second kappa shape index (κ2) is 6.73.